The van der Waals surface area contributed by atoms with Gasteiger partial charge in [-0.25, -0.2) is 18.6 Å². The molecule has 0 aliphatic rings. The monoisotopic (exact) mass is 375 g/mol. The number of sulfonamides is 1. The first kappa shape index (κ1) is 19.1. The summed E-state index contributed by atoms with van der Waals surface area (Å²) in [7, 11) is -3.67. The van der Waals surface area contributed by atoms with E-state index in [1.165, 1.54) is 18.3 Å². The number of carbonyl (C=O) groups is 2. The zero-order valence-corrected chi connectivity index (χ0v) is 14.7. The second-order valence-corrected chi connectivity index (χ2v) is 7.20. The number of carboxylic acids is 1. The summed E-state index contributed by atoms with van der Waals surface area (Å²) in [4.78, 5) is 23.1. The summed E-state index contributed by atoms with van der Waals surface area (Å²) in [5.41, 5.74) is 2.90. The van der Waals surface area contributed by atoms with Crippen LogP contribution in [0, 0.1) is 0 Å². The number of aromatic carboxylic acids is 1. The maximum Gasteiger partial charge on any atom is 0.336 e. The number of hydrazone groups is 1. The van der Waals surface area contributed by atoms with E-state index in [1.54, 1.807) is 42.5 Å². The Hall–Kier alpha value is -3.20. The first-order valence-electron chi connectivity index (χ1n) is 7.46. The maximum absolute atomic E-state index is 12.0. The predicted molar refractivity (Wildman–Crippen MR) is 97.8 cm³/mol. The van der Waals surface area contributed by atoms with Gasteiger partial charge in [-0.05, 0) is 18.2 Å². The topological polar surface area (TPSA) is 116 Å². The van der Waals surface area contributed by atoms with Crippen molar-refractivity contribution >= 4 is 33.8 Å². The summed E-state index contributed by atoms with van der Waals surface area (Å²) in [6.07, 6.45) is 2.19. The first-order valence-corrected chi connectivity index (χ1v) is 9.31. The van der Waals surface area contributed by atoms with E-state index >= 15 is 0 Å². The highest BCUT2D eigenvalue weighted by atomic mass is 32.2. The lowest BCUT2D eigenvalue weighted by Crippen LogP contribution is -2.39. The van der Waals surface area contributed by atoms with Gasteiger partial charge < -0.3 is 5.11 Å². The van der Waals surface area contributed by atoms with E-state index in [4.69, 9.17) is 5.11 Å². The van der Waals surface area contributed by atoms with Gasteiger partial charge in [0, 0.05) is 5.56 Å². The number of hydrogen-bond acceptors (Lipinski definition) is 5. The van der Waals surface area contributed by atoms with Gasteiger partial charge in [-0.1, -0.05) is 36.4 Å². The minimum atomic E-state index is -3.67. The number of rotatable bonds is 7. The number of nitrogens with zero attached hydrogens (tertiary/aromatic N) is 2. The Bertz CT molecular complexity index is 926. The normalized spacial score (nSPS) is 11.3. The molecule has 0 saturated carbocycles. The first-order chi connectivity index (χ1) is 12.3. The van der Waals surface area contributed by atoms with Crippen molar-refractivity contribution in [2.45, 2.75) is 0 Å². The Morgan fingerprint density at radius 3 is 2.35 bits per heavy atom. The van der Waals surface area contributed by atoms with Gasteiger partial charge in [-0.2, -0.15) is 5.10 Å². The highest BCUT2D eigenvalue weighted by Crippen LogP contribution is 2.16. The van der Waals surface area contributed by atoms with Crippen LogP contribution in [0.25, 0.3) is 0 Å². The largest absolute Gasteiger partial charge is 0.478 e. The third-order valence-corrected chi connectivity index (χ3v) is 4.46. The van der Waals surface area contributed by atoms with E-state index in [0.717, 1.165) is 10.6 Å². The number of amides is 1. The molecule has 0 bridgehead atoms. The number of carbonyl (C=O) groups excluding carboxylic acids is 1. The van der Waals surface area contributed by atoms with Crippen molar-refractivity contribution in [1.29, 1.82) is 0 Å². The van der Waals surface area contributed by atoms with Crippen LogP contribution in [-0.2, 0) is 14.8 Å². The number of para-hydroxylation sites is 1. The Kier molecular flexibility index (Phi) is 6.07. The van der Waals surface area contributed by atoms with Gasteiger partial charge in [0.25, 0.3) is 5.91 Å². The van der Waals surface area contributed by atoms with Gasteiger partial charge in [-0.3, -0.25) is 9.10 Å². The van der Waals surface area contributed by atoms with Crippen LogP contribution in [0.5, 0.6) is 0 Å². The molecule has 2 aromatic carbocycles. The van der Waals surface area contributed by atoms with E-state index < -0.39 is 28.4 Å². The fraction of sp³-hybridized carbons (Fsp3) is 0.118. The van der Waals surface area contributed by atoms with E-state index in [9.17, 15) is 18.0 Å². The summed E-state index contributed by atoms with van der Waals surface area (Å²) in [5, 5.41) is 12.8. The number of hydrogen-bond donors (Lipinski definition) is 2. The van der Waals surface area contributed by atoms with Crippen LogP contribution in [0.1, 0.15) is 15.9 Å². The third-order valence-electron chi connectivity index (χ3n) is 3.32. The molecular formula is C17H17N3O5S. The minimum absolute atomic E-state index is 0.0348. The molecule has 0 aliphatic carbocycles. The van der Waals surface area contributed by atoms with Crippen LogP contribution in [0.3, 0.4) is 0 Å². The van der Waals surface area contributed by atoms with Crippen LogP contribution in [0.4, 0.5) is 5.69 Å². The Morgan fingerprint density at radius 1 is 1.12 bits per heavy atom. The van der Waals surface area contributed by atoms with Gasteiger partial charge >= 0.3 is 5.97 Å². The summed E-state index contributed by atoms with van der Waals surface area (Å²) in [6, 6.07) is 14.3. The zero-order chi connectivity index (χ0) is 19.2. The van der Waals surface area contributed by atoms with Gasteiger partial charge in [0.05, 0.1) is 23.7 Å². The van der Waals surface area contributed by atoms with Crippen LogP contribution < -0.4 is 9.73 Å². The van der Waals surface area contributed by atoms with E-state index in [1.807, 2.05) is 0 Å². The molecule has 136 valence electrons. The second-order valence-electron chi connectivity index (χ2n) is 5.29. The Morgan fingerprint density at radius 2 is 1.73 bits per heavy atom. The summed E-state index contributed by atoms with van der Waals surface area (Å²) in [5.74, 6) is -1.78. The average Bonchev–Trinajstić information content (AvgIpc) is 2.60. The standard InChI is InChI=1S/C17H17N3O5S/c1-26(24,25)20(14-8-3-2-4-9-14)12-16(21)19-18-11-13-7-5-6-10-15(13)17(22)23/h2-11H,12H2,1H3,(H,19,21)(H,22,23)/b18-11+. The van der Waals surface area contributed by atoms with E-state index in [-0.39, 0.29) is 5.56 Å². The SMILES string of the molecule is CS(=O)(=O)N(CC(=O)N/N=C/c1ccccc1C(=O)O)c1ccccc1. The highest BCUT2D eigenvalue weighted by Gasteiger charge is 2.20. The fourth-order valence-electron chi connectivity index (χ4n) is 2.14. The number of benzene rings is 2. The molecule has 0 aliphatic heterocycles. The van der Waals surface area contributed by atoms with Gasteiger partial charge in [0.2, 0.25) is 10.0 Å². The molecule has 0 spiro atoms. The molecule has 0 radical (unpaired) electrons. The highest BCUT2D eigenvalue weighted by molar-refractivity contribution is 7.92. The summed E-state index contributed by atoms with van der Waals surface area (Å²) < 4.78 is 24.8. The van der Waals surface area contributed by atoms with Crippen molar-refractivity contribution in [3.8, 4) is 0 Å². The zero-order valence-electron chi connectivity index (χ0n) is 13.9. The maximum atomic E-state index is 12.0. The van der Waals surface area contributed by atoms with Gasteiger partial charge in [0.1, 0.15) is 6.54 Å². The van der Waals surface area contributed by atoms with Crippen molar-refractivity contribution in [3.63, 3.8) is 0 Å². The molecule has 0 heterocycles. The smallest absolute Gasteiger partial charge is 0.336 e. The molecular weight excluding hydrogens is 358 g/mol. The lowest BCUT2D eigenvalue weighted by Gasteiger charge is -2.21. The van der Waals surface area contributed by atoms with Crippen molar-refractivity contribution in [1.82, 2.24) is 5.43 Å². The lowest BCUT2D eigenvalue weighted by molar-refractivity contribution is -0.119. The van der Waals surface area contributed by atoms with Crippen LogP contribution in [-0.4, -0.2) is 44.4 Å². The molecule has 8 nitrogen and oxygen atoms in total. The van der Waals surface area contributed by atoms with E-state index in [2.05, 4.69) is 10.5 Å². The van der Waals surface area contributed by atoms with Crippen molar-refractivity contribution in [2.75, 3.05) is 17.1 Å². The molecule has 1 amide bonds. The lowest BCUT2D eigenvalue weighted by atomic mass is 10.1. The van der Waals surface area contributed by atoms with Gasteiger partial charge in [0.15, 0.2) is 0 Å². The van der Waals surface area contributed by atoms with Crippen LogP contribution in [0.2, 0.25) is 0 Å². The molecule has 2 aromatic rings. The molecule has 9 heteroatoms. The molecule has 26 heavy (non-hydrogen) atoms. The Labute approximate surface area is 150 Å². The number of anilines is 1. The van der Waals surface area contributed by atoms with Crippen molar-refractivity contribution in [3.05, 3.63) is 65.7 Å². The molecule has 0 atom stereocenters. The molecule has 0 fully saturated rings. The average molecular weight is 375 g/mol. The third kappa shape index (κ3) is 5.15. The minimum Gasteiger partial charge on any atom is -0.478 e. The quantitative estimate of drug-likeness (QED) is 0.559. The van der Waals surface area contributed by atoms with E-state index in [0.29, 0.717) is 11.3 Å². The van der Waals surface area contributed by atoms with Crippen molar-refractivity contribution in [2.24, 2.45) is 5.10 Å². The summed E-state index contributed by atoms with van der Waals surface area (Å²) in [6.45, 7) is -0.458. The van der Waals surface area contributed by atoms with Gasteiger partial charge in [-0.15, -0.1) is 0 Å². The molecule has 0 saturated heterocycles. The second kappa shape index (κ2) is 8.26. The molecule has 2 N–H and O–H groups in total. The predicted octanol–water partition coefficient (Wildman–Crippen LogP) is 1.30. The van der Waals surface area contributed by atoms with Crippen LogP contribution in [0.15, 0.2) is 59.7 Å². The molecule has 0 aromatic heterocycles. The molecule has 2 rings (SSSR count). The van der Waals surface area contributed by atoms with Crippen molar-refractivity contribution < 1.29 is 23.1 Å². The Balaban J connectivity index is 2.09. The number of nitrogens with one attached hydrogen (secondary N) is 1. The van der Waals surface area contributed by atoms with Crippen LogP contribution >= 0.6 is 0 Å². The number of carboxylic acid groups (broad SMARTS) is 1. The molecule has 0 unspecified atom stereocenters. The summed E-state index contributed by atoms with van der Waals surface area (Å²) >= 11 is 0. The fourth-order valence-corrected chi connectivity index (χ4v) is 2.99.